The van der Waals surface area contributed by atoms with Gasteiger partial charge < -0.3 is 25.5 Å². The monoisotopic (exact) mass is 506 g/mol. The van der Waals surface area contributed by atoms with E-state index in [1.54, 1.807) is 20.0 Å². The molecule has 1 aliphatic rings. The molecule has 10 heteroatoms. The van der Waals surface area contributed by atoms with Gasteiger partial charge in [-0.3, -0.25) is 14.5 Å². The number of nitrogens with zero attached hydrogens (tertiary/aromatic N) is 1. The zero-order chi connectivity index (χ0) is 26.5. The third-order valence-electron chi connectivity index (χ3n) is 6.45. The maximum Gasteiger partial charge on any atom is 0.410 e. The Morgan fingerprint density at radius 2 is 1.78 bits per heavy atom. The van der Waals surface area contributed by atoms with E-state index in [4.69, 9.17) is 4.74 Å². The summed E-state index contributed by atoms with van der Waals surface area (Å²) in [5.41, 5.74) is 2.46. The zero-order valence-electron chi connectivity index (χ0n) is 20.6. The number of aromatic nitrogens is 1. The number of rotatable bonds is 10. The molecule has 0 radical (unpaired) electrons. The van der Waals surface area contributed by atoms with Crippen molar-refractivity contribution in [1.82, 2.24) is 20.5 Å². The Balaban J connectivity index is 1.42. The van der Waals surface area contributed by atoms with Crippen LogP contribution in [-0.4, -0.2) is 64.1 Å². The Kier molecular flexibility index (Phi) is 7.76. The second kappa shape index (κ2) is 11.2. The van der Waals surface area contributed by atoms with Crippen molar-refractivity contribution >= 4 is 34.8 Å². The molecule has 1 fully saturated rings. The van der Waals surface area contributed by atoms with E-state index in [2.05, 4.69) is 15.6 Å². The van der Waals surface area contributed by atoms with Crippen molar-refractivity contribution in [3.05, 3.63) is 71.9 Å². The Hall–Kier alpha value is -4.34. The highest BCUT2D eigenvalue weighted by Crippen LogP contribution is 2.27. The SMILES string of the molecule is CC(C)[C@H](NC(=O)CN1C(=O)OCC1c1ccccc1)C(=O)N[C@@H](Cc1c[nH]c2ccccc12)C(=O)O. The number of benzene rings is 2. The lowest BCUT2D eigenvalue weighted by Gasteiger charge is -2.26. The number of ether oxygens (including phenoxy) is 1. The summed E-state index contributed by atoms with van der Waals surface area (Å²) in [4.78, 5) is 54.7. The van der Waals surface area contributed by atoms with Crippen LogP contribution in [0.15, 0.2) is 60.8 Å². The summed E-state index contributed by atoms with van der Waals surface area (Å²) in [5.74, 6) is -2.67. The highest BCUT2D eigenvalue weighted by atomic mass is 16.6. The molecule has 1 aliphatic heterocycles. The van der Waals surface area contributed by atoms with Crippen LogP contribution in [-0.2, 0) is 25.5 Å². The maximum atomic E-state index is 13.1. The van der Waals surface area contributed by atoms with Crippen LogP contribution in [0.4, 0.5) is 4.79 Å². The minimum atomic E-state index is -1.19. The second-order valence-corrected chi connectivity index (χ2v) is 9.38. The van der Waals surface area contributed by atoms with Crippen LogP contribution < -0.4 is 10.6 Å². The fourth-order valence-electron chi connectivity index (χ4n) is 4.47. The molecular weight excluding hydrogens is 476 g/mol. The Morgan fingerprint density at radius 3 is 2.49 bits per heavy atom. The van der Waals surface area contributed by atoms with Crippen LogP contribution in [0.1, 0.15) is 31.0 Å². The smallest absolute Gasteiger partial charge is 0.410 e. The van der Waals surface area contributed by atoms with Crippen molar-refractivity contribution in [2.75, 3.05) is 13.2 Å². The molecule has 3 amide bonds. The average Bonchev–Trinajstić information content (AvgIpc) is 3.45. The summed E-state index contributed by atoms with van der Waals surface area (Å²) in [6.45, 7) is 3.32. The van der Waals surface area contributed by atoms with Crippen LogP contribution in [0, 0.1) is 5.92 Å². The van der Waals surface area contributed by atoms with Crippen LogP contribution in [0.5, 0.6) is 0 Å². The number of H-pyrrole nitrogens is 1. The fraction of sp³-hybridized carbons (Fsp3) is 0.333. The van der Waals surface area contributed by atoms with E-state index in [0.29, 0.717) is 0 Å². The standard InChI is InChI=1S/C27H30N4O6/c1-16(2)24(30-23(32)14-31-22(15-37-27(31)36)17-8-4-3-5-9-17)25(33)29-21(26(34)35)12-18-13-28-20-11-7-6-10-19(18)20/h3-11,13,16,21-22,24,28H,12,14-15H2,1-2H3,(H,29,33)(H,30,32)(H,34,35)/t21-,22?,24-/m0/s1. The molecule has 2 aromatic carbocycles. The lowest BCUT2D eigenvalue weighted by atomic mass is 10.0. The number of hydrogen-bond acceptors (Lipinski definition) is 5. The number of carboxylic acid groups (broad SMARTS) is 1. The zero-order valence-corrected chi connectivity index (χ0v) is 20.6. The second-order valence-electron chi connectivity index (χ2n) is 9.38. The quantitative estimate of drug-likeness (QED) is 0.333. The molecule has 3 aromatic rings. The molecule has 0 spiro atoms. The summed E-state index contributed by atoms with van der Waals surface area (Å²) in [6, 6.07) is 14.1. The van der Waals surface area contributed by atoms with Gasteiger partial charge in [0.05, 0.1) is 6.04 Å². The lowest BCUT2D eigenvalue weighted by Crippen LogP contribution is -2.55. The molecule has 0 aliphatic carbocycles. The Labute approximate surface area is 214 Å². The predicted molar refractivity (Wildman–Crippen MR) is 136 cm³/mol. The first-order valence-electron chi connectivity index (χ1n) is 12.1. The molecule has 37 heavy (non-hydrogen) atoms. The highest BCUT2D eigenvalue weighted by Gasteiger charge is 2.36. The largest absolute Gasteiger partial charge is 0.480 e. The van der Waals surface area contributed by atoms with Crippen LogP contribution >= 0.6 is 0 Å². The molecule has 194 valence electrons. The van der Waals surface area contributed by atoms with Crippen molar-refractivity contribution in [3.8, 4) is 0 Å². The van der Waals surface area contributed by atoms with Crippen molar-refractivity contribution in [2.45, 2.75) is 38.4 Å². The van der Waals surface area contributed by atoms with Crippen LogP contribution in [0.3, 0.4) is 0 Å². The van der Waals surface area contributed by atoms with Crippen molar-refractivity contribution in [1.29, 1.82) is 0 Å². The van der Waals surface area contributed by atoms with Crippen molar-refractivity contribution in [2.24, 2.45) is 5.92 Å². The van der Waals surface area contributed by atoms with Gasteiger partial charge in [-0.25, -0.2) is 9.59 Å². The first kappa shape index (κ1) is 25.7. The van der Waals surface area contributed by atoms with E-state index in [9.17, 15) is 24.3 Å². The van der Waals surface area contributed by atoms with E-state index in [-0.39, 0.29) is 25.5 Å². The van der Waals surface area contributed by atoms with Gasteiger partial charge in [0.15, 0.2) is 0 Å². The van der Waals surface area contributed by atoms with E-state index in [0.717, 1.165) is 22.0 Å². The van der Waals surface area contributed by atoms with Gasteiger partial charge in [-0.2, -0.15) is 0 Å². The van der Waals surface area contributed by atoms with E-state index in [1.807, 2.05) is 54.6 Å². The predicted octanol–water partition coefficient (Wildman–Crippen LogP) is 2.61. The number of aliphatic carboxylic acids is 1. The molecule has 4 N–H and O–H groups in total. The third-order valence-corrected chi connectivity index (χ3v) is 6.45. The molecule has 0 saturated carbocycles. The van der Waals surface area contributed by atoms with E-state index >= 15 is 0 Å². The molecule has 4 rings (SSSR count). The first-order valence-corrected chi connectivity index (χ1v) is 12.1. The lowest BCUT2D eigenvalue weighted by molar-refractivity contribution is -0.142. The Morgan fingerprint density at radius 1 is 1.08 bits per heavy atom. The number of para-hydroxylation sites is 1. The number of carbonyl (C=O) groups is 4. The fourth-order valence-corrected chi connectivity index (χ4v) is 4.47. The number of cyclic esters (lactones) is 1. The minimum Gasteiger partial charge on any atom is -0.480 e. The number of fused-ring (bicyclic) bond motifs is 1. The number of nitrogens with one attached hydrogen (secondary N) is 3. The molecule has 1 saturated heterocycles. The van der Waals surface area contributed by atoms with E-state index < -0.39 is 42.0 Å². The first-order chi connectivity index (χ1) is 17.7. The van der Waals surface area contributed by atoms with Gasteiger partial charge in [0.25, 0.3) is 0 Å². The molecule has 0 bridgehead atoms. The van der Waals surface area contributed by atoms with Crippen molar-refractivity contribution < 1.29 is 29.0 Å². The van der Waals surface area contributed by atoms with Gasteiger partial charge in [0.1, 0.15) is 25.2 Å². The molecule has 2 heterocycles. The van der Waals surface area contributed by atoms with Gasteiger partial charge in [0.2, 0.25) is 11.8 Å². The van der Waals surface area contributed by atoms with Crippen molar-refractivity contribution in [3.63, 3.8) is 0 Å². The summed E-state index contributed by atoms with van der Waals surface area (Å²) < 4.78 is 5.15. The molecular formula is C27H30N4O6. The van der Waals surface area contributed by atoms with Gasteiger partial charge in [-0.15, -0.1) is 0 Å². The highest BCUT2D eigenvalue weighted by molar-refractivity contribution is 5.92. The minimum absolute atomic E-state index is 0.0716. The van der Waals surface area contributed by atoms with Crippen LogP contribution in [0.2, 0.25) is 0 Å². The number of hydrogen-bond donors (Lipinski definition) is 4. The van der Waals surface area contributed by atoms with Gasteiger partial charge in [-0.1, -0.05) is 62.4 Å². The van der Waals surface area contributed by atoms with Gasteiger partial charge in [0, 0.05) is 23.5 Å². The summed E-state index contributed by atoms with van der Waals surface area (Å²) >= 11 is 0. The Bertz CT molecular complexity index is 1290. The topological polar surface area (TPSA) is 141 Å². The average molecular weight is 507 g/mol. The normalized spacial score (nSPS) is 16.9. The van der Waals surface area contributed by atoms with Gasteiger partial charge in [-0.05, 0) is 23.1 Å². The molecule has 10 nitrogen and oxygen atoms in total. The van der Waals surface area contributed by atoms with E-state index in [1.165, 1.54) is 4.90 Å². The number of carbonyl (C=O) groups excluding carboxylic acids is 3. The van der Waals surface area contributed by atoms with Gasteiger partial charge >= 0.3 is 12.1 Å². The third kappa shape index (κ3) is 5.91. The molecule has 1 unspecified atom stereocenters. The number of carboxylic acids is 1. The molecule has 3 atom stereocenters. The summed E-state index contributed by atoms with van der Waals surface area (Å²) in [7, 11) is 0. The summed E-state index contributed by atoms with van der Waals surface area (Å²) in [6.07, 6.45) is 1.19. The van der Waals surface area contributed by atoms with Crippen LogP contribution in [0.25, 0.3) is 10.9 Å². The molecule has 1 aromatic heterocycles. The number of amides is 3. The summed E-state index contributed by atoms with van der Waals surface area (Å²) in [5, 5.41) is 15.9. The number of aromatic amines is 1. The maximum absolute atomic E-state index is 13.1.